The molecular weight excluding hydrogens is 446 g/mol. The predicted octanol–water partition coefficient (Wildman–Crippen LogP) is 5.53. The maximum Gasteiger partial charge on any atom is 0.260 e. The van der Waals surface area contributed by atoms with Crippen molar-refractivity contribution in [3.63, 3.8) is 0 Å². The van der Waals surface area contributed by atoms with Crippen LogP contribution in [0.2, 0.25) is 0 Å². The molecule has 1 amide bonds. The molecule has 1 atom stereocenters. The molecule has 34 heavy (non-hydrogen) atoms. The quantitative estimate of drug-likeness (QED) is 0.511. The minimum absolute atomic E-state index is 0.00425. The lowest BCUT2D eigenvalue weighted by atomic mass is 9.72. The van der Waals surface area contributed by atoms with E-state index in [0.29, 0.717) is 17.4 Å². The van der Waals surface area contributed by atoms with E-state index in [-0.39, 0.29) is 17.9 Å². The first-order valence-corrected chi connectivity index (χ1v) is 12.8. The molecule has 6 nitrogen and oxygen atoms in total. The normalized spacial score (nSPS) is 18.1. The van der Waals surface area contributed by atoms with Crippen LogP contribution in [0.1, 0.15) is 61.6 Å². The molecule has 0 N–H and O–H groups in total. The number of nitriles is 1. The summed E-state index contributed by atoms with van der Waals surface area (Å²) in [6.07, 6.45) is 6.96. The summed E-state index contributed by atoms with van der Waals surface area (Å²) in [6.45, 7) is 8.51. The average molecular weight is 480 g/mol. The summed E-state index contributed by atoms with van der Waals surface area (Å²) >= 11 is 1.64. The van der Waals surface area contributed by atoms with Crippen LogP contribution in [0.5, 0.6) is 11.5 Å². The van der Waals surface area contributed by atoms with Crippen LogP contribution in [0, 0.1) is 22.7 Å². The van der Waals surface area contributed by atoms with Crippen molar-refractivity contribution in [2.24, 2.45) is 16.3 Å². The van der Waals surface area contributed by atoms with Crippen molar-refractivity contribution >= 4 is 28.5 Å². The van der Waals surface area contributed by atoms with Crippen molar-refractivity contribution in [2.75, 3.05) is 26.8 Å². The summed E-state index contributed by atoms with van der Waals surface area (Å²) in [5.74, 6) is 1.71. The van der Waals surface area contributed by atoms with Crippen molar-refractivity contribution in [3.8, 4) is 17.6 Å². The second-order valence-corrected chi connectivity index (χ2v) is 11.2. The number of carbonyl (C=O) groups is 1. The largest absolute Gasteiger partial charge is 0.493 e. The van der Waals surface area contributed by atoms with Crippen molar-refractivity contribution in [1.29, 1.82) is 5.26 Å². The number of fused-ring (bicyclic) bond motifs is 1. The number of carbonyl (C=O) groups excluding carboxylic acids is 1. The predicted molar refractivity (Wildman–Crippen MR) is 136 cm³/mol. The highest BCUT2D eigenvalue weighted by Gasteiger charge is 2.32. The van der Waals surface area contributed by atoms with Crippen LogP contribution in [-0.2, 0) is 17.6 Å². The molecule has 0 spiro atoms. The first-order valence-electron chi connectivity index (χ1n) is 12.0. The van der Waals surface area contributed by atoms with E-state index in [1.807, 2.05) is 17.0 Å². The number of hydrogen-bond acceptors (Lipinski definition) is 6. The van der Waals surface area contributed by atoms with Gasteiger partial charge < -0.3 is 14.4 Å². The van der Waals surface area contributed by atoms with Crippen molar-refractivity contribution in [3.05, 3.63) is 39.8 Å². The summed E-state index contributed by atoms with van der Waals surface area (Å²) < 4.78 is 11.2. The highest BCUT2D eigenvalue weighted by Crippen LogP contribution is 2.45. The lowest BCUT2D eigenvalue weighted by Crippen LogP contribution is -2.32. The van der Waals surface area contributed by atoms with E-state index in [1.165, 1.54) is 10.4 Å². The number of aliphatic imine (C=N–C) groups is 1. The Morgan fingerprint density at radius 1 is 1.29 bits per heavy atom. The number of likely N-dealkylation sites (tertiary alicyclic amines) is 1. The Labute approximate surface area is 206 Å². The molecule has 2 aliphatic rings. The highest BCUT2D eigenvalue weighted by atomic mass is 32.1. The van der Waals surface area contributed by atoms with Gasteiger partial charge in [0.05, 0.1) is 12.7 Å². The molecule has 1 aromatic heterocycles. The smallest absolute Gasteiger partial charge is 0.260 e. The van der Waals surface area contributed by atoms with Gasteiger partial charge in [-0.15, -0.1) is 11.3 Å². The summed E-state index contributed by atoms with van der Waals surface area (Å²) in [6, 6.07) is 7.92. The Morgan fingerprint density at radius 3 is 2.74 bits per heavy atom. The number of thiophene rings is 1. The van der Waals surface area contributed by atoms with Crippen molar-refractivity contribution < 1.29 is 14.3 Å². The van der Waals surface area contributed by atoms with Crippen LogP contribution >= 0.6 is 11.3 Å². The van der Waals surface area contributed by atoms with Gasteiger partial charge in [0.2, 0.25) is 0 Å². The van der Waals surface area contributed by atoms with E-state index in [1.54, 1.807) is 30.7 Å². The fourth-order valence-electron chi connectivity index (χ4n) is 4.73. The van der Waals surface area contributed by atoms with Crippen LogP contribution in [0.4, 0.5) is 5.00 Å². The van der Waals surface area contributed by atoms with E-state index < -0.39 is 0 Å². The molecule has 2 heterocycles. The molecule has 1 aliphatic carbocycles. The van der Waals surface area contributed by atoms with Gasteiger partial charge in [-0.05, 0) is 72.8 Å². The third-order valence-corrected chi connectivity index (χ3v) is 8.07. The second-order valence-electron chi connectivity index (χ2n) is 10.1. The molecule has 0 bridgehead atoms. The molecule has 1 fully saturated rings. The third-order valence-electron chi connectivity index (χ3n) is 6.91. The van der Waals surface area contributed by atoms with Crippen LogP contribution in [-0.4, -0.2) is 43.8 Å². The number of rotatable bonds is 6. The van der Waals surface area contributed by atoms with Crippen molar-refractivity contribution in [1.82, 2.24) is 4.90 Å². The number of amides is 1. The first-order chi connectivity index (χ1) is 16.3. The maximum absolute atomic E-state index is 12.3. The highest BCUT2D eigenvalue weighted by molar-refractivity contribution is 7.16. The summed E-state index contributed by atoms with van der Waals surface area (Å²) in [5, 5.41) is 10.6. The summed E-state index contributed by atoms with van der Waals surface area (Å²) in [4.78, 5) is 20.1. The lowest BCUT2D eigenvalue weighted by molar-refractivity contribution is -0.132. The Balaban J connectivity index is 1.48. The molecule has 1 saturated heterocycles. The van der Waals surface area contributed by atoms with E-state index in [4.69, 9.17) is 9.47 Å². The van der Waals surface area contributed by atoms with Gasteiger partial charge in [0.25, 0.3) is 5.91 Å². The molecule has 0 saturated carbocycles. The van der Waals surface area contributed by atoms with Gasteiger partial charge in [0.1, 0.15) is 11.1 Å². The SMILES string of the molecule is COc1cc(C=Nc2sc3c(c2C#N)CC[C@H](C(C)(C)C)C3)ccc1OCC(=O)N1CCCC1. The number of hydrogen-bond donors (Lipinski definition) is 0. The second kappa shape index (κ2) is 10.2. The fourth-order valence-corrected chi connectivity index (χ4v) is 5.95. The maximum atomic E-state index is 12.3. The molecule has 0 unspecified atom stereocenters. The fraction of sp³-hybridized carbons (Fsp3) is 0.519. The summed E-state index contributed by atoms with van der Waals surface area (Å²) in [5.41, 5.74) is 3.01. The zero-order valence-electron chi connectivity index (χ0n) is 20.5. The molecule has 180 valence electrons. The van der Waals surface area contributed by atoms with E-state index in [2.05, 4.69) is 31.8 Å². The first kappa shape index (κ1) is 24.3. The van der Waals surface area contributed by atoms with Gasteiger partial charge in [0, 0.05) is 24.2 Å². The zero-order valence-corrected chi connectivity index (χ0v) is 21.3. The number of ether oxygens (including phenoxy) is 2. The van der Waals surface area contributed by atoms with Gasteiger partial charge in [-0.1, -0.05) is 20.8 Å². The number of benzene rings is 1. The minimum Gasteiger partial charge on any atom is -0.493 e. The van der Waals surface area contributed by atoms with Gasteiger partial charge in [-0.2, -0.15) is 5.26 Å². The van der Waals surface area contributed by atoms with E-state index in [0.717, 1.165) is 61.3 Å². The Kier molecular flexibility index (Phi) is 7.27. The molecule has 1 aromatic carbocycles. The Hall–Kier alpha value is -2.85. The van der Waals surface area contributed by atoms with Crippen LogP contribution < -0.4 is 9.47 Å². The average Bonchev–Trinajstić information content (AvgIpc) is 3.48. The zero-order chi connectivity index (χ0) is 24.3. The molecule has 2 aromatic rings. The standard InChI is InChI=1S/C27H33N3O3S/c1-27(2,3)19-8-9-20-21(15-28)26(34-24(20)14-19)29-16-18-7-10-22(23(13-18)32-4)33-17-25(31)30-11-5-6-12-30/h7,10,13,16,19H,5-6,8-9,11-12,14,17H2,1-4H3/t19-/m0/s1. The molecule has 0 radical (unpaired) electrons. The van der Waals surface area contributed by atoms with E-state index >= 15 is 0 Å². The third kappa shape index (κ3) is 5.28. The minimum atomic E-state index is 0.00425. The topological polar surface area (TPSA) is 74.9 Å². The Bertz CT molecular complexity index is 1120. The molecular formula is C27H33N3O3S. The molecule has 1 aliphatic heterocycles. The molecule has 4 rings (SSSR count). The van der Waals surface area contributed by atoms with Gasteiger partial charge in [-0.25, -0.2) is 4.99 Å². The number of methoxy groups -OCH3 is 1. The molecule has 7 heteroatoms. The monoisotopic (exact) mass is 479 g/mol. The Morgan fingerprint density at radius 2 is 2.06 bits per heavy atom. The summed E-state index contributed by atoms with van der Waals surface area (Å²) in [7, 11) is 1.58. The van der Waals surface area contributed by atoms with Crippen LogP contribution in [0.15, 0.2) is 23.2 Å². The van der Waals surface area contributed by atoms with Gasteiger partial charge >= 0.3 is 0 Å². The van der Waals surface area contributed by atoms with E-state index in [9.17, 15) is 10.1 Å². The van der Waals surface area contributed by atoms with Crippen LogP contribution in [0.25, 0.3) is 0 Å². The van der Waals surface area contributed by atoms with Gasteiger partial charge in [0.15, 0.2) is 18.1 Å². The van der Waals surface area contributed by atoms with Gasteiger partial charge in [-0.3, -0.25) is 4.79 Å². The lowest BCUT2D eigenvalue weighted by Gasteiger charge is -2.33. The number of nitrogens with zero attached hydrogens (tertiary/aromatic N) is 3. The van der Waals surface area contributed by atoms with Crippen molar-refractivity contribution in [2.45, 2.75) is 52.9 Å². The van der Waals surface area contributed by atoms with Crippen LogP contribution in [0.3, 0.4) is 0 Å².